The summed E-state index contributed by atoms with van der Waals surface area (Å²) < 4.78 is 40.8. The Morgan fingerprint density at radius 2 is 1.96 bits per heavy atom. The van der Waals surface area contributed by atoms with Crippen LogP contribution in [0.4, 0.5) is 18.9 Å². The van der Waals surface area contributed by atoms with E-state index in [1.807, 2.05) is 25.3 Å². The molecule has 0 saturated carbocycles. The summed E-state index contributed by atoms with van der Waals surface area (Å²) in [6.45, 7) is 5.91. The van der Waals surface area contributed by atoms with Crippen molar-refractivity contribution in [1.29, 1.82) is 0 Å². The van der Waals surface area contributed by atoms with Crippen molar-refractivity contribution < 1.29 is 18.0 Å². The second kappa shape index (κ2) is 7.90. The first-order valence-corrected chi connectivity index (χ1v) is 8.75. The van der Waals surface area contributed by atoms with E-state index in [-0.39, 0.29) is 17.5 Å². The van der Waals surface area contributed by atoms with Crippen LogP contribution in [0.15, 0.2) is 29.4 Å². The summed E-state index contributed by atoms with van der Waals surface area (Å²) in [4.78, 5) is 12.1. The summed E-state index contributed by atoms with van der Waals surface area (Å²) >= 11 is 1.15. The van der Waals surface area contributed by atoms with Crippen molar-refractivity contribution in [3.63, 3.8) is 0 Å². The molecule has 0 atom stereocenters. The van der Waals surface area contributed by atoms with Crippen LogP contribution in [0.1, 0.15) is 38.2 Å². The van der Waals surface area contributed by atoms with Gasteiger partial charge in [0.25, 0.3) is 0 Å². The topological polar surface area (TPSA) is 59.8 Å². The van der Waals surface area contributed by atoms with Gasteiger partial charge in [-0.3, -0.25) is 4.79 Å². The number of nitrogens with zero attached hydrogens (tertiary/aromatic N) is 3. The number of para-hydroxylation sites is 1. The molecule has 1 aromatic heterocycles. The predicted molar refractivity (Wildman–Crippen MR) is 90.6 cm³/mol. The zero-order valence-corrected chi connectivity index (χ0v) is 14.9. The number of hydrogen-bond acceptors (Lipinski definition) is 4. The number of benzene rings is 1. The van der Waals surface area contributed by atoms with Crippen molar-refractivity contribution in [2.24, 2.45) is 0 Å². The second-order valence-corrected chi connectivity index (χ2v) is 6.54. The lowest BCUT2D eigenvalue weighted by Crippen LogP contribution is -2.18. The normalized spacial score (nSPS) is 11.8. The third-order valence-corrected chi connectivity index (χ3v) is 4.35. The SMILES string of the molecule is CCc1nnc(SCC(=O)Nc2ccccc2C(F)(F)F)n1C(C)C. The average Bonchev–Trinajstić information content (AvgIpc) is 2.95. The van der Waals surface area contributed by atoms with E-state index in [9.17, 15) is 18.0 Å². The molecule has 1 amide bonds. The molecule has 0 aliphatic carbocycles. The maximum absolute atomic E-state index is 13.0. The van der Waals surface area contributed by atoms with Crippen LogP contribution < -0.4 is 5.32 Å². The molecule has 2 aromatic rings. The van der Waals surface area contributed by atoms with Crippen LogP contribution in [0.2, 0.25) is 0 Å². The fraction of sp³-hybridized carbons (Fsp3) is 0.438. The van der Waals surface area contributed by atoms with E-state index >= 15 is 0 Å². The van der Waals surface area contributed by atoms with Gasteiger partial charge in [0, 0.05) is 12.5 Å². The van der Waals surface area contributed by atoms with E-state index in [0.717, 1.165) is 23.7 Å². The van der Waals surface area contributed by atoms with Crippen LogP contribution in [-0.4, -0.2) is 26.4 Å². The van der Waals surface area contributed by atoms with Gasteiger partial charge in [0.1, 0.15) is 5.82 Å². The minimum Gasteiger partial charge on any atom is -0.325 e. The van der Waals surface area contributed by atoms with E-state index in [0.29, 0.717) is 11.6 Å². The molecule has 1 heterocycles. The number of carbonyl (C=O) groups excluding carboxylic acids is 1. The molecule has 1 aromatic carbocycles. The van der Waals surface area contributed by atoms with Crippen molar-refractivity contribution in [2.75, 3.05) is 11.1 Å². The molecule has 0 aliphatic heterocycles. The molecule has 0 unspecified atom stereocenters. The van der Waals surface area contributed by atoms with Gasteiger partial charge in [-0.2, -0.15) is 13.2 Å². The summed E-state index contributed by atoms with van der Waals surface area (Å²) in [6.07, 6.45) is -3.82. The Bertz CT molecular complexity index is 743. The minimum atomic E-state index is -4.52. The first-order valence-electron chi connectivity index (χ1n) is 7.76. The van der Waals surface area contributed by atoms with E-state index in [1.54, 1.807) is 0 Å². The van der Waals surface area contributed by atoms with Gasteiger partial charge in [0.2, 0.25) is 5.91 Å². The molecule has 0 spiro atoms. The van der Waals surface area contributed by atoms with Crippen molar-refractivity contribution >= 4 is 23.4 Å². The molecular weight excluding hydrogens is 353 g/mol. The number of aromatic nitrogens is 3. The lowest BCUT2D eigenvalue weighted by atomic mass is 10.1. The first kappa shape index (κ1) is 19.3. The second-order valence-electron chi connectivity index (χ2n) is 5.60. The molecule has 2 rings (SSSR count). The van der Waals surface area contributed by atoms with Crippen molar-refractivity contribution in [3.05, 3.63) is 35.7 Å². The molecule has 0 saturated heterocycles. The summed E-state index contributed by atoms with van der Waals surface area (Å²) in [5.74, 6) is 0.221. The van der Waals surface area contributed by atoms with Crippen molar-refractivity contribution in [1.82, 2.24) is 14.8 Å². The highest BCUT2D eigenvalue weighted by molar-refractivity contribution is 7.99. The van der Waals surface area contributed by atoms with Gasteiger partial charge >= 0.3 is 6.18 Å². The van der Waals surface area contributed by atoms with E-state index in [4.69, 9.17) is 0 Å². The lowest BCUT2D eigenvalue weighted by Gasteiger charge is -2.14. The van der Waals surface area contributed by atoms with Crippen LogP contribution in [0.3, 0.4) is 0 Å². The zero-order chi connectivity index (χ0) is 18.6. The third kappa shape index (κ3) is 4.75. The first-order chi connectivity index (χ1) is 11.7. The van der Waals surface area contributed by atoms with Gasteiger partial charge in [-0.15, -0.1) is 10.2 Å². The number of carbonyl (C=O) groups is 1. The average molecular weight is 372 g/mol. The van der Waals surface area contributed by atoms with Crippen molar-refractivity contribution in [3.8, 4) is 0 Å². The molecule has 5 nitrogen and oxygen atoms in total. The molecule has 136 valence electrons. The maximum Gasteiger partial charge on any atom is 0.418 e. The third-order valence-electron chi connectivity index (χ3n) is 3.41. The number of alkyl halides is 3. The number of anilines is 1. The Balaban J connectivity index is 2.07. The highest BCUT2D eigenvalue weighted by Gasteiger charge is 2.33. The fourth-order valence-electron chi connectivity index (χ4n) is 2.32. The Kier molecular flexibility index (Phi) is 6.10. The molecular formula is C16H19F3N4OS. The standard InChI is InChI=1S/C16H19F3N4OS/c1-4-13-21-22-15(23(13)10(2)3)25-9-14(24)20-12-8-6-5-7-11(12)16(17,18)19/h5-8,10H,4,9H2,1-3H3,(H,20,24). The number of halogens is 3. The largest absolute Gasteiger partial charge is 0.418 e. The van der Waals surface area contributed by atoms with Crippen LogP contribution >= 0.6 is 11.8 Å². The van der Waals surface area contributed by atoms with Gasteiger partial charge in [0.05, 0.1) is 17.0 Å². The van der Waals surface area contributed by atoms with E-state index in [2.05, 4.69) is 15.5 Å². The van der Waals surface area contributed by atoms with Crippen LogP contribution in [0.25, 0.3) is 0 Å². The van der Waals surface area contributed by atoms with Crippen LogP contribution in [0, 0.1) is 0 Å². The molecule has 25 heavy (non-hydrogen) atoms. The highest BCUT2D eigenvalue weighted by atomic mass is 32.2. The van der Waals surface area contributed by atoms with Gasteiger partial charge in [-0.1, -0.05) is 30.8 Å². The lowest BCUT2D eigenvalue weighted by molar-refractivity contribution is -0.137. The summed E-state index contributed by atoms with van der Waals surface area (Å²) in [5, 5.41) is 11.0. The maximum atomic E-state index is 13.0. The monoisotopic (exact) mass is 372 g/mol. The van der Waals surface area contributed by atoms with Gasteiger partial charge in [0.15, 0.2) is 5.16 Å². The van der Waals surface area contributed by atoms with E-state index in [1.165, 1.54) is 18.2 Å². The molecule has 0 aliphatic rings. The van der Waals surface area contributed by atoms with Gasteiger partial charge < -0.3 is 9.88 Å². The smallest absolute Gasteiger partial charge is 0.325 e. The highest BCUT2D eigenvalue weighted by Crippen LogP contribution is 2.34. The summed E-state index contributed by atoms with van der Waals surface area (Å²) in [7, 11) is 0. The minimum absolute atomic E-state index is 0.0548. The Labute approximate surface area is 148 Å². The number of amides is 1. The van der Waals surface area contributed by atoms with Gasteiger partial charge in [-0.05, 0) is 26.0 Å². The Morgan fingerprint density at radius 1 is 1.28 bits per heavy atom. The molecule has 0 fully saturated rings. The quantitative estimate of drug-likeness (QED) is 0.773. The number of rotatable bonds is 6. The summed E-state index contributed by atoms with van der Waals surface area (Å²) in [5.41, 5.74) is -1.12. The number of aryl methyl sites for hydroxylation is 1. The number of hydrogen-bond donors (Lipinski definition) is 1. The fourth-order valence-corrected chi connectivity index (χ4v) is 3.21. The molecule has 9 heteroatoms. The number of thioether (sulfide) groups is 1. The predicted octanol–water partition coefficient (Wildman–Crippen LogP) is 4.17. The van der Waals surface area contributed by atoms with Crippen molar-refractivity contribution in [2.45, 2.75) is 44.6 Å². The Morgan fingerprint density at radius 3 is 2.56 bits per heavy atom. The van der Waals surface area contributed by atoms with Gasteiger partial charge in [-0.25, -0.2) is 0 Å². The molecule has 1 N–H and O–H groups in total. The van der Waals surface area contributed by atoms with E-state index < -0.39 is 17.6 Å². The molecule has 0 bridgehead atoms. The van der Waals surface area contributed by atoms with Crippen LogP contribution in [0.5, 0.6) is 0 Å². The summed E-state index contributed by atoms with van der Waals surface area (Å²) in [6, 6.07) is 5.02. The molecule has 0 radical (unpaired) electrons. The number of nitrogens with one attached hydrogen (secondary N) is 1. The zero-order valence-electron chi connectivity index (χ0n) is 14.1. The van der Waals surface area contributed by atoms with Crippen LogP contribution in [-0.2, 0) is 17.4 Å². The Hall–Kier alpha value is -2.03.